The van der Waals surface area contributed by atoms with Crippen LogP contribution in [0.2, 0.25) is 0 Å². The molecule has 1 atom stereocenters. The molecule has 0 radical (unpaired) electrons. The zero-order chi connectivity index (χ0) is 13.2. The fraction of sp³-hybridized carbons (Fsp3) is 0.429. The summed E-state index contributed by atoms with van der Waals surface area (Å²) in [4.78, 5) is 11.4. The van der Waals surface area contributed by atoms with E-state index >= 15 is 0 Å². The minimum atomic E-state index is 0.298. The SMILES string of the molecule is CNc1nc(N2CCC(OC)C2)c2ccccc2n1. The molecular weight excluding hydrogens is 240 g/mol. The van der Waals surface area contributed by atoms with Gasteiger partial charge >= 0.3 is 0 Å². The highest BCUT2D eigenvalue weighted by Gasteiger charge is 2.25. The van der Waals surface area contributed by atoms with E-state index in [1.165, 1.54) is 0 Å². The number of hydrogen-bond donors (Lipinski definition) is 1. The van der Waals surface area contributed by atoms with Crippen LogP contribution in [0.3, 0.4) is 0 Å². The highest BCUT2D eigenvalue weighted by atomic mass is 16.5. The zero-order valence-corrected chi connectivity index (χ0v) is 11.3. The summed E-state index contributed by atoms with van der Waals surface area (Å²) < 4.78 is 5.43. The first kappa shape index (κ1) is 12.2. The predicted octanol–water partition coefficient (Wildman–Crippen LogP) is 1.90. The highest BCUT2D eigenvalue weighted by molar-refractivity contribution is 5.90. The van der Waals surface area contributed by atoms with Crippen molar-refractivity contribution in [1.29, 1.82) is 0 Å². The predicted molar refractivity (Wildman–Crippen MR) is 76.7 cm³/mol. The van der Waals surface area contributed by atoms with E-state index < -0.39 is 0 Å². The van der Waals surface area contributed by atoms with E-state index in [2.05, 4.69) is 26.3 Å². The fourth-order valence-corrected chi connectivity index (χ4v) is 2.53. The topological polar surface area (TPSA) is 50.3 Å². The van der Waals surface area contributed by atoms with E-state index in [9.17, 15) is 0 Å². The number of aromatic nitrogens is 2. The van der Waals surface area contributed by atoms with Crippen LogP contribution in [0.5, 0.6) is 0 Å². The lowest BCUT2D eigenvalue weighted by Gasteiger charge is -2.19. The summed E-state index contributed by atoms with van der Waals surface area (Å²) in [6.45, 7) is 1.86. The summed E-state index contributed by atoms with van der Waals surface area (Å²) in [5.41, 5.74) is 0.970. The van der Waals surface area contributed by atoms with E-state index in [0.717, 1.165) is 36.2 Å². The molecule has 0 spiro atoms. The highest BCUT2D eigenvalue weighted by Crippen LogP contribution is 2.28. The Morgan fingerprint density at radius 1 is 1.32 bits per heavy atom. The van der Waals surface area contributed by atoms with Crippen molar-refractivity contribution in [2.45, 2.75) is 12.5 Å². The van der Waals surface area contributed by atoms with Crippen LogP contribution in [-0.4, -0.2) is 43.3 Å². The summed E-state index contributed by atoms with van der Waals surface area (Å²) in [6, 6.07) is 8.12. The van der Waals surface area contributed by atoms with Crippen LogP contribution in [0.15, 0.2) is 24.3 Å². The van der Waals surface area contributed by atoms with Crippen LogP contribution in [-0.2, 0) is 4.74 Å². The average Bonchev–Trinajstić information content (AvgIpc) is 2.94. The second-order valence-electron chi connectivity index (χ2n) is 4.73. The molecule has 1 N–H and O–H groups in total. The Kier molecular flexibility index (Phi) is 3.21. The maximum Gasteiger partial charge on any atom is 0.224 e. The molecule has 0 aliphatic carbocycles. The van der Waals surface area contributed by atoms with Gasteiger partial charge in [0.25, 0.3) is 0 Å². The maximum atomic E-state index is 5.43. The Morgan fingerprint density at radius 2 is 2.16 bits per heavy atom. The van der Waals surface area contributed by atoms with Crippen LogP contribution >= 0.6 is 0 Å². The van der Waals surface area contributed by atoms with Crippen molar-refractivity contribution < 1.29 is 4.74 Å². The second-order valence-corrected chi connectivity index (χ2v) is 4.73. The quantitative estimate of drug-likeness (QED) is 0.911. The van der Waals surface area contributed by atoms with Crippen molar-refractivity contribution in [2.75, 3.05) is 37.5 Å². The molecule has 1 saturated heterocycles. The number of nitrogens with one attached hydrogen (secondary N) is 1. The molecule has 1 aromatic carbocycles. The van der Waals surface area contributed by atoms with Gasteiger partial charge in [0, 0.05) is 32.6 Å². The van der Waals surface area contributed by atoms with Gasteiger partial charge in [0.15, 0.2) is 0 Å². The molecule has 3 rings (SSSR count). The van der Waals surface area contributed by atoms with Gasteiger partial charge in [-0.05, 0) is 18.6 Å². The smallest absolute Gasteiger partial charge is 0.224 e. The molecule has 5 nitrogen and oxygen atoms in total. The lowest BCUT2D eigenvalue weighted by Crippen LogP contribution is -2.23. The Labute approximate surface area is 112 Å². The van der Waals surface area contributed by atoms with E-state index in [1.54, 1.807) is 7.11 Å². The molecule has 1 aliphatic heterocycles. The lowest BCUT2D eigenvalue weighted by molar-refractivity contribution is 0.121. The number of nitrogens with zero attached hydrogens (tertiary/aromatic N) is 3. The second kappa shape index (κ2) is 5.01. The van der Waals surface area contributed by atoms with Crippen LogP contribution < -0.4 is 10.2 Å². The van der Waals surface area contributed by atoms with Gasteiger partial charge in [-0.2, -0.15) is 4.98 Å². The lowest BCUT2D eigenvalue weighted by atomic mass is 10.2. The third-order valence-electron chi connectivity index (χ3n) is 3.58. The molecule has 1 fully saturated rings. The van der Waals surface area contributed by atoms with Gasteiger partial charge in [0.1, 0.15) is 5.82 Å². The van der Waals surface area contributed by atoms with E-state index in [4.69, 9.17) is 4.74 Å². The van der Waals surface area contributed by atoms with Gasteiger partial charge < -0.3 is 15.0 Å². The number of rotatable bonds is 3. The molecule has 2 aromatic rings. The molecule has 2 heterocycles. The Morgan fingerprint density at radius 3 is 2.89 bits per heavy atom. The van der Waals surface area contributed by atoms with Crippen LogP contribution in [0.1, 0.15) is 6.42 Å². The molecule has 0 amide bonds. The maximum absolute atomic E-state index is 5.43. The van der Waals surface area contributed by atoms with E-state index in [-0.39, 0.29) is 0 Å². The third kappa shape index (κ3) is 2.21. The summed E-state index contributed by atoms with van der Waals surface area (Å²) in [7, 11) is 3.61. The van der Waals surface area contributed by atoms with Crippen molar-refractivity contribution in [2.24, 2.45) is 0 Å². The normalized spacial score (nSPS) is 19.1. The minimum Gasteiger partial charge on any atom is -0.380 e. The summed E-state index contributed by atoms with van der Waals surface area (Å²) in [5.74, 6) is 1.66. The first-order chi connectivity index (χ1) is 9.31. The standard InChI is InChI=1S/C14H18N4O/c1-15-14-16-12-6-4-3-5-11(12)13(17-14)18-8-7-10(9-18)19-2/h3-6,10H,7-9H2,1-2H3,(H,15,16,17). The van der Waals surface area contributed by atoms with Gasteiger partial charge in [-0.1, -0.05) is 12.1 Å². The van der Waals surface area contributed by atoms with Crippen LogP contribution in [0, 0.1) is 0 Å². The number of hydrogen-bond acceptors (Lipinski definition) is 5. The summed E-state index contributed by atoms with van der Waals surface area (Å²) in [5, 5.41) is 4.12. The number of methoxy groups -OCH3 is 1. The molecule has 1 unspecified atom stereocenters. The van der Waals surface area contributed by atoms with Gasteiger partial charge in [0.05, 0.1) is 11.6 Å². The third-order valence-corrected chi connectivity index (χ3v) is 3.58. The molecule has 5 heteroatoms. The van der Waals surface area contributed by atoms with Gasteiger partial charge in [-0.3, -0.25) is 0 Å². The monoisotopic (exact) mass is 258 g/mol. The van der Waals surface area contributed by atoms with Gasteiger partial charge in [-0.15, -0.1) is 0 Å². The Bertz CT molecular complexity index is 587. The molecule has 1 aromatic heterocycles. The first-order valence-corrected chi connectivity index (χ1v) is 6.54. The van der Waals surface area contributed by atoms with Crippen LogP contribution in [0.25, 0.3) is 10.9 Å². The number of benzene rings is 1. The molecule has 0 saturated carbocycles. The minimum absolute atomic E-state index is 0.298. The van der Waals surface area contributed by atoms with Crippen molar-refractivity contribution in [3.8, 4) is 0 Å². The Hall–Kier alpha value is -1.88. The van der Waals surface area contributed by atoms with Crippen molar-refractivity contribution in [3.05, 3.63) is 24.3 Å². The summed E-state index contributed by atoms with van der Waals surface area (Å²) >= 11 is 0. The number of para-hydroxylation sites is 1. The van der Waals surface area contributed by atoms with E-state index in [0.29, 0.717) is 12.1 Å². The van der Waals surface area contributed by atoms with Crippen molar-refractivity contribution in [3.63, 3.8) is 0 Å². The largest absolute Gasteiger partial charge is 0.380 e. The number of ether oxygens (including phenoxy) is 1. The number of fused-ring (bicyclic) bond motifs is 1. The molecular formula is C14H18N4O. The van der Waals surface area contributed by atoms with Crippen molar-refractivity contribution >= 4 is 22.7 Å². The molecule has 1 aliphatic rings. The Balaban J connectivity index is 2.06. The zero-order valence-electron chi connectivity index (χ0n) is 11.3. The fourth-order valence-electron chi connectivity index (χ4n) is 2.53. The van der Waals surface area contributed by atoms with Crippen molar-refractivity contribution in [1.82, 2.24) is 9.97 Å². The summed E-state index contributed by atoms with van der Waals surface area (Å²) in [6.07, 6.45) is 1.34. The van der Waals surface area contributed by atoms with Crippen LogP contribution in [0.4, 0.5) is 11.8 Å². The average molecular weight is 258 g/mol. The first-order valence-electron chi connectivity index (χ1n) is 6.54. The molecule has 100 valence electrons. The molecule has 19 heavy (non-hydrogen) atoms. The van der Waals surface area contributed by atoms with Gasteiger partial charge in [0.2, 0.25) is 5.95 Å². The van der Waals surface area contributed by atoms with Gasteiger partial charge in [-0.25, -0.2) is 4.98 Å². The number of anilines is 2. The van der Waals surface area contributed by atoms with E-state index in [1.807, 2.05) is 25.2 Å². The molecule has 0 bridgehead atoms.